The second-order valence-electron chi connectivity index (χ2n) is 4.31. The van der Waals surface area contributed by atoms with Crippen molar-refractivity contribution in [3.8, 4) is 0 Å². The molecule has 0 unspecified atom stereocenters. The Morgan fingerprint density at radius 2 is 2.26 bits per heavy atom. The lowest BCUT2D eigenvalue weighted by molar-refractivity contribution is 0.247. The van der Waals surface area contributed by atoms with Crippen LogP contribution in [0, 0.1) is 0 Å². The van der Waals surface area contributed by atoms with Gasteiger partial charge in [0.15, 0.2) is 0 Å². The predicted molar refractivity (Wildman–Crippen MR) is 71.7 cm³/mol. The topological polar surface area (TPSA) is 76.8 Å². The lowest BCUT2D eigenvalue weighted by Gasteiger charge is -2.14. The number of nitrogens with one attached hydrogen (secondary N) is 2. The van der Waals surface area contributed by atoms with E-state index in [2.05, 4.69) is 20.8 Å². The molecule has 7 heteroatoms. The number of carbonyl (C=O) groups is 1. The van der Waals surface area contributed by atoms with E-state index in [1.807, 2.05) is 26.1 Å². The van der Waals surface area contributed by atoms with Gasteiger partial charge in [0, 0.05) is 31.2 Å². The van der Waals surface area contributed by atoms with Gasteiger partial charge >= 0.3 is 6.03 Å². The summed E-state index contributed by atoms with van der Waals surface area (Å²) in [4.78, 5) is 11.8. The summed E-state index contributed by atoms with van der Waals surface area (Å²) in [6.07, 6.45) is 6.99. The second-order valence-corrected chi connectivity index (χ2v) is 4.31. The third-order valence-corrected chi connectivity index (χ3v) is 2.61. The zero-order valence-corrected chi connectivity index (χ0v) is 11.1. The lowest BCUT2D eigenvalue weighted by Crippen LogP contribution is -2.38. The number of amides is 2. The van der Waals surface area contributed by atoms with Gasteiger partial charge in [-0.05, 0) is 19.9 Å². The number of aromatic nitrogens is 4. The Balaban J connectivity index is 1.80. The van der Waals surface area contributed by atoms with Crippen molar-refractivity contribution in [1.82, 2.24) is 24.9 Å². The predicted octanol–water partition coefficient (Wildman–Crippen LogP) is 1.31. The van der Waals surface area contributed by atoms with Crippen molar-refractivity contribution in [3.63, 3.8) is 0 Å². The molecular weight excluding hydrogens is 244 g/mol. The molecule has 2 amide bonds. The molecule has 0 radical (unpaired) electrons. The first-order valence-electron chi connectivity index (χ1n) is 6.24. The van der Waals surface area contributed by atoms with Crippen LogP contribution in [0.15, 0.2) is 30.9 Å². The molecule has 2 aromatic heterocycles. The fraction of sp³-hybridized carbons (Fsp3) is 0.417. The molecule has 0 spiro atoms. The van der Waals surface area contributed by atoms with E-state index in [9.17, 15) is 4.79 Å². The minimum absolute atomic E-state index is 0.0129. The molecule has 2 N–H and O–H groups in total. The maximum absolute atomic E-state index is 11.8. The van der Waals surface area contributed by atoms with E-state index in [4.69, 9.17) is 0 Å². The number of anilines is 1. The molecule has 0 saturated heterocycles. The number of aryl methyl sites for hydroxylation is 1. The highest BCUT2D eigenvalue weighted by Crippen LogP contribution is 2.04. The maximum Gasteiger partial charge on any atom is 0.319 e. The number of hydrogen-bond acceptors (Lipinski definition) is 3. The summed E-state index contributed by atoms with van der Waals surface area (Å²) in [7, 11) is 0. The maximum atomic E-state index is 11.8. The fourth-order valence-electron chi connectivity index (χ4n) is 1.73. The van der Waals surface area contributed by atoms with E-state index in [0.717, 1.165) is 6.54 Å². The van der Waals surface area contributed by atoms with Crippen molar-refractivity contribution < 1.29 is 4.79 Å². The van der Waals surface area contributed by atoms with E-state index in [1.165, 1.54) is 0 Å². The van der Waals surface area contributed by atoms with Crippen molar-refractivity contribution >= 4 is 11.7 Å². The van der Waals surface area contributed by atoms with Crippen molar-refractivity contribution in [3.05, 3.63) is 30.9 Å². The third-order valence-electron chi connectivity index (χ3n) is 2.61. The smallest absolute Gasteiger partial charge is 0.319 e. The van der Waals surface area contributed by atoms with Gasteiger partial charge in [-0.3, -0.25) is 9.36 Å². The van der Waals surface area contributed by atoms with Gasteiger partial charge in [-0.15, -0.1) is 0 Å². The Hall–Kier alpha value is -2.31. The van der Waals surface area contributed by atoms with Gasteiger partial charge in [0.25, 0.3) is 0 Å². The number of hydrogen-bond donors (Lipinski definition) is 2. The number of carbonyl (C=O) groups excluding carboxylic acids is 1. The molecule has 102 valence electrons. The van der Waals surface area contributed by atoms with E-state index in [0.29, 0.717) is 12.2 Å². The first kappa shape index (κ1) is 13.1. The minimum Gasteiger partial charge on any atom is -0.334 e. The Labute approximate surface area is 111 Å². The largest absolute Gasteiger partial charge is 0.334 e. The Kier molecular flexibility index (Phi) is 4.17. The molecule has 2 rings (SSSR count). The zero-order chi connectivity index (χ0) is 13.7. The summed E-state index contributed by atoms with van der Waals surface area (Å²) < 4.78 is 3.53. The quantitative estimate of drug-likeness (QED) is 0.853. The summed E-state index contributed by atoms with van der Waals surface area (Å²) >= 11 is 0. The van der Waals surface area contributed by atoms with Crippen LogP contribution in [-0.4, -0.2) is 31.6 Å². The van der Waals surface area contributed by atoms with Crippen LogP contribution in [0.4, 0.5) is 10.5 Å². The van der Waals surface area contributed by atoms with Crippen molar-refractivity contribution in [2.75, 3.05) is 5.32 Å². The molecule has 0 aliphatic rings. The highest BCUT2D eigenvalue weighted by molar-refractivity contribution is 5.89. The first-order valence-corrected chi connectivity index (χ1v) is 6.24. The zero-order valence-electron chi connectivity index (χ0n) is 11.1. The molecule has 0 bridgehead atoms. The second kappa shape index (κ2) is 6.03. The molecule has 7 nitrogen and oxygen atoms in total. The summed E-state index contributed by atoms with van der Waals surface area (Å²) in [5.41, 5.74) is 0.686. The highest BCUT2D eigenvalue weighted by Gasteiger charge is 2.09. The van der Waals surface area contributed by atoms with Gasteiger partial charge < -0.3 is 10.6 Å². The van der Waals surface area contributed by atoms with E-state index in [-0.39, 0.29) is 12.1 Å². The Morgan fingerprint density at radius 1 is 1.42 bits per heavy atom. The van der Waals surface area contributed by atoms with E-state index in [1.54, 1.807) is 28.0 Å². The summed E-state index contributed by atoms with van der Waals surface area (Å²) in [6, 6.07) is 1.60. The molecular formula is C12H18N6O. The van der Waals surface area contributed by atoms with E-state index < -0.39 is 0 Å². The molecule has 0 aliphatic heterocycles. The number of rotatable bonds is 5. The summed E-state index contributed by atoms with van der Waals surface area (Å²) in [6.45, 7) is 5.33. The Morgan fingerprint density at radius 3 is 2.89 bits per heavy atom. The molecule has 19 heavy (non-hydrogen) atoms. The van der Waals surface area contributed by atoms with Crippen LogP contribution in [0.1, 0.15) is 13.8 Å². The highest BCUT2D eigenvalue weighted by atomic mass is 16.2. The van der Waals surface area contributed by atoms with Crippen LogP contribution in [0.3, 0.4) is 0 Å². The van der Waals surface area contributed by atoms with E-state index >= 15 is 0 Å². The molecule has 0 aliphatic carbocycles. The average molecular weight is 262 g/mol. The molecule has 2 heterocycles. The van der Waals surface area contributed by atoms with Gasteiger partial charge in [0.05, 0.1) is 18.4 Å². The van der Waals surface area contributed by atoms with Gasteiger partial charge in [0.1, 0.15) is 0 Å². The number of nitrogens with zero attached hydrogens (tertiary/aromatic N) is 4. The third kappa shape index (κ3) is 3.84. The standard InChI is InChI=1S/C12H18N6O/c1-3-17-9-11(7-14-17)16-12(19)15-10(2)8-18-6-4-5-13-18/h4-7,9-10H,3,8H2,1-2H3,(H2,15,16,19)/t10-/m1/s1. The normalized spacial score (nSPS) is 12.1. The van der Waals surface area contributed by atoms with Gasteiger partial charge in [-0.25, -0.2) is 4.79 Å². The average Bonchev–Trinajstić information content (AvgIpc) is 3.00. The SMILES string of the molecule is CCn1cc(NC(=O)N[C@H](C)Cn2cccn2)cn1. The molecule has 1 atom stereocenters. The van der Waals surface area contributed by atoms with Gasteiger partial charge in [-0.2, -0.15) is 10.2 Å². The van der Waals surface area contributed by atoms with Crippen molar-refractivity contribution in [1.29, 1.82) is 0 Å². The fourth-order valence-corrected chi connectivity index (χ4v) is 1.73. The summed E-state index contributed by atoms with van der Waals surface area (Å²) in [5.74, 6) is 0. The molecule has 0 fully saturated rings. The monoisotopic (exact) mass is 262 g/mol. The minimum atomic E-state index is -0.240. The van der Waals surface area contributed by atoms with Crippen LogP contribution in [0.25, 0.3) is 0 Å². The Bertz CT molecular complexity index is 518. The number of urea groups is 1. The van der Waals surface area contributed by atoms with Crippen molar-refractivity contribution in [2.24, 2.45) is 0 Å². The molecule has 0 saturated carbocycles. The molecule has 2 aromatic rings. The first-order chi connectivity index (χ1) is 9.17. The van der Waals surface area contributed by atoms with Crippen molar-refractivity contribution in [2.45, 2.75) is 33.0 Å². The van der Waals surface area contributed by atoms with Crippen LogP contribution in [-0.2, 0) is 13.1 Å². The van der Waals surface area contributed by atoms with Crippen LogP contribution in [0.5, 0.6) is 0 Å². The van der Waals surface area contributed by atoms with Gasteiger partial charge in [0.2, 0.25) is 0 Å². The molecule has 0 aromatic carbocycles. The summed E-state index contributed by atoms with van der Waals surface area (Å²) in [5, 5.41) is 13.8. The van der Waals surface area contributed by atoms with Gasteiger partial charge in [-0.1, -0.05) is 0 Å². The van der Waals surface area contributed by atoms with Crippen LogP contribution in [0.2, 0.25) is 0 Å². The van der Waals surface area contributed by atoms with Crippen LogP contribution >= 0.6 is 0 Å². The lowest BCUT2D eigenvalue weighted by atomic mass is 10.3. The van der Waals surface area contributed by atoms with Crippen LogP contribution < -0.4 is 10.6 Å².